The van der Waals surface area contributed by atoms with Crippen molar-refractivity contribution in [2.45, 2.75) is 105 Å². The van der Waals surface area contributed by atoms with E-state index in [-0.39, 0.29) is 106 Å². The van der Waals surface area contributed by atoms with Crippen molar-refractivity contribution in [1.82, 2.24) is 19.6 Å². The number of carbonyl (C=O) groups excluding carboxylic acids is 6. The molecule has 0 saturated carbocycles. The lowest BCUT2D eigenvalue weighted by Crippen LogP contribution is -2.48. The molecule has 70 heavy (non-hydrogen) atoms. The predicted octanol–water partition coefficient (Wildman–Crippen LogP) is -2.13. The van der Waals surface area contributed by atoms with Gasteiger partial charge in [0.2, 0.25) is 11.8 Å². The average Bonchev–Trinajstić information content (AvgIpc) is 3.30. The van der Waals surface area contributed by atoms with E-state index in [0.29, 0.717) is 0 Å². The molecule has 0 aromatic heterocycles. The first-order valence-electron chi connectivity index (χ1n) is 23.1. The van der Waals surface area contributed by atoms with Crippen molar-refractivity contribution in [3.05, 3.63) is 55.6 Å². The molecular formula is C48H76N6O16. The van der Waals surface area contributed by atoms with Gasteiger partial charge in [-0.3, -0.25) is 28.8 Å². The number of rotatable bonds is 25. The molecule has 22 nitrogen and oxygen atoms in total. The fraction of sp³-hybridized carbons (Fsp3) is 0.625. The van der Waals surface area contributed by atoms with Gasteiger partial charge < -0.3 is 80.5 Å². The Morgan fingerprint density at radius 2 is 0.629 bits per heavy atom. The van der Waals surface area contributed by atoms with Crippen molar-refractivity contribution in [1.29, 1.82) is 0 Å². The molecule has 6 amide bonds. The Balaban J connectivity index is 2.99. The minimum atomic E-state index is -1.88. The second kappa shape index (κ2) is 26.9. The first kappa shape index (κ1) is 61.0. The first-order chi connectivity index (χ1) is 32.6. The molecule has 0 aliphatic rings. The highest BCUT2D eigenvalue weighted by molar-refractivity contribution is 6.09. The molecule has 0 aliphatic heterocycles. The fourth-order valence-electron chi connectivity index (χ4n) is 8.79. The van der Waals surface area contributed by atoms with Crippen LogP contribution in [0.15, 0.2) is 0 Å². The number of aliphatic hydroxyl groups is 10. The Hall–Kier alpha value is -5.14. The summed E-state index contributed by atoms with van der Waals surface area (Å²) in [6, 6.07) is 0. The number of hydrogen-bond donors (Lipinski definition) is 10. The highest BCUT2D eigenvalue weighted by atomic mass is 16.3. The van der Waals surface area contributed by atoms with E-state index in [2.05, 4.69) is 0 Å². The second-order valence-electron chi connectivity index (χ2n) is 17.8. The zero-order valence-corrected chi connectivity index (χ0v) is 42.6. The van der Waals surface area contributed by atoms with Crippen molar-refractivity contribution in [2.75, 3.05) is 104 Å². The van der Waals surface area contributed by atoms with Crippen LogP contribution < -0.4 is 9.80 Å². The third kappa shape index (κ3) is 14.0. The van der Waals surface area contributed by atoms with Crippen LogP contribution in [-0.4, -0.2) is 237 Å². The molecule has 0 fully saturated rings. The molecule has 0 aliphatic carbocycles. The highest BCUT2D eigenvalue weighted by Gasteiger charge is 2.37. The topological polar surface area (TPSA) is 324 Å². The maximum absolute atomic E-state index is 14.3. The minimum Gasteiger partial charge on any atom is -0.394 e. The van der Waals surface area contributed by atoms with Crippen molar-refractivity contribution < 1.29 is 79.8 Å². The third-order valence-corrected chi connectivity index (χ3v) is 12.3. The number of hydrogen-bond acceptors (Lipinski definition) is 16. The molecule has 2 aromatic carbocycles. The number of amides is 6. The predicted molar refractivity (Wildman–Crippen MR) is 259 cm³/mol. The van der Waals surface area contributed by atoms with Crippen molar-refractivity contribution in [3.8, 4) is 0 Å². The van der Waals surface area contributed by atoms with E-state index >= 15 is 0 Å². The lowest BCUT2D eigenvalue weighted by Gasteiger charge is -2.35. The fourth-order valence-corrected chi connectivity index (χ4v) is 8.79. The lowest BCUT2D eigenvalue weighted by atomic mass is 9.87. The summed E-state index contributed by atoms with van der Waals surface area (Å²) in [5.41, 5.74) is 1.03. The van der Waals surface area contributed by atoms with Crippen LogP contribution in [-0.2, 0) is 22.4 Å². The van der Waals surface area contributed by atoms with Gasteiger partial charge in [0.1, 0.15) is 0 Å². The van der Waals surface area contributed by atoms with Gasteiger partial charge in [0, 0.05) is 90.5 Å². The standard InChI is InChI=1S/C48H76N6O16/c1-13-35-41(47(69)51(11)17-33(63)23-57)25(3)39(45(67)49(9)15-31(61)21-55)27(5)43(35)53(29(7)59)19-37(65)38(66)20-54(30(8)60)44-28(6)40(46(68)50(10)16-32(62)22-56)26(4)42(36(44)14-2)48(70)52(12)18-34(64)24-58/h31-34,37-38,55-58,61-66H,13-24H2,1-12H3. The number of benzene rings is 2. The largest absolute Gasteiger partial charge is 0.394 e. The molecule has 0 heterocycles. The van der Waals surface area contributed by atoms with Crippen LogP contribution >= 0.6 is 0 Å². The van der Waals surface area contributed by atoms with E-state index in [1.807, 2.05) is 0 Å². The maximum Gasteiger partial charge on any atom is 0.254 e. The van der Waals surface area contributed by atoms with Gasteiger partial charge in [-0.1, -0.05) is 13.8 Å². The van der Waals surface area contributed by atoms with Crippen molar-refractivity contribution in [3.63, 3.8) is 0 Å². The molecule has 0 radical (unpaired) electrons. The number of carbonyl (C=O) groups is 6. The Morgan fingerprint density at radius 1 is 0.400 bits per heavy atom. The van der Waals surface area contributed by atoms with Gasteiger partial charge >= 0.3 is 0 Å². The van der Waals surface area contributed by atoms with Crippen molar-refractivity contribution >= 4 is 46.8 Å². The van der Waals surface area contributed by atoms with Crippen LogP contribution in [0.5, 0.6) is 0 Å². The SMILES string of the molecule is CCc1c(C(=O)N(C)CC(O)CO)c(C)c(C(=O)N(C)CC(O)CO)c(C)c1N(CC(O)C(O)CN(C(C)=O)c1c(C)c(C(=O)N(C)CC(O)CO)c(C)c(C(=O)N(C)CC(O)CO)c1CC)C(C)=O. The summed E-state index contributed by atoms with van der Waals surface area (Å²) in [5, 5.41) is 103. The molecule has 0 spiro atoms. The van der Waals surface area contributed by atoms with Gasteiger partial charge in [-0.2, -0.15) is 0 Å². The highest BCUT2D eigenvalue weighted by Crippen LogP contribution is 2.39. The van der Waals surface area contributed by atoms with Crippen molar-refractivity contribution in [2.24, 2.45) is 0 Å². The zero-order chi connectivity index (χ0) is 53.8. The molecule has 394 valence electrons. The minimum absolute atomic E-state index is 0.0222. The first-order valence-corrected chi connectivity index (χ1v) is 23.1. The normalized spacial score (nSPS) is 14.0. The lowest BCUT2D eigenvalue weighted by molar-refractivity contribution is -0.118. The summed E-state index contributed by atoms with van der Waals surface area (Å²) in [7, 11) is 5.46. The Morgan fingerprint density at radius 3 is 0.829 bits per heavy atom. The number of likely N-dealkylation sites (N-methyl/N-ethyl adjacent to an activating group) is 4. The summed E-state index contributed by atoms with van der Waals surface area (Å²) in [6.07, 6.45) is -8.93. The quantitative estimate of drug-likeness (QED) is 0.0508. The summed E-state index contributed by atoms with van der Waals surface area (Å²) >= 11 is 0. The van der Waals surface area contributed by atoms with Gasteiger partial charge in [-0.15, -0.1) is 0 Å². The van der Waals surface area contributed by atoms with Crippen LogP contribution in [0, 0.1) is 27.7 Å². The molecule has 2 aromatic rings. The van der Waals surface area contributed by atoms with Crippen LogP contribution in [0.1, 0.15) is 103 Å². The number of anilines is 2. The van der Waals surface area contributed by atoms with Crippen LogP contribution in [0.4, 0.5) is 11.4 Å². The molecular weight excluding hydrogens is 917 g/mol. The summed E-state index contributed by atoms with van der Waals surface area (Å²) < 4.78 is 0. The Kier molecular flexibility index (Phi) is 23.4. The van der Waals surface area contributed by atoms with Crippen LogP contribution in [0.25, 0.3) is 0 Å². The third-order valence-electron chi connectivity index (χ3n) is 12.3. The van der Waals surface area contributed by atoms with E-state index < -0.39 is 112 Å². The summed E-state index contributed by atoms with van der Waals surface area (Å²) in [6.45, 7) is 6.42. The summed E-state index contributed by atoms with van der Waals surface area (Å²) in [4.78, 5) is 91.4. The van der Waals surface area contributed by atoms with E-state index in [0.717, 1.165) is 43.2 Å². The number of aliphatic hydroxyl groups excluding tert-OH is 10. The molecule has 0 saturated heterocycles. The van der Waals surface area contributed by atoms with Gasteiger partial charge in [0.15, 0.2) is 0 Å². The summed E-state index contributed by atoms with van der Waals surface area (Å²) in [5.74, 6) is -4.22. The molecule has 2 rings (SSSR count). The smallest absolute Gasteiger partial charge is 0.254 e. The monoisotopic (exact) mass is 993 g/mol. The second-order valence-corrected chi connectivity index (χ2v) is 17.8. The molecule has 6 unspecified atom stereocenters. The number of nitrogens with zero attached hydrogens (tertiary/aromatic N) is 6. The Labute approximate surface area is 409 Å². The molecule has 0 bridgehead atoms. The Bertz CT molecular complexity index is 2050. The van der Waals surface area contributed by atoms with Crippen LogP contribution in [0.2, 0.25) is 0 Å². The van der Waals surface area contributed by atoms with Gasteiger partial charge in [0.05, 0.1) is 87.5 Å². The molecule has 22 heteroatoms. The van der Waals surface area contributed by atoms with E-state index in [4.69, 9.17) is 0 Å². The maximum atomic E-state index is 14.3. The van der Waals surface area contributed by atoms with Crippen LogP contribution in [0.3, 0.4) is 0 Å². The van der Waals surface area contributed by atoms with E-state index in [1.54, 1.807) is 13.8 Å². The van der Waals surface area contributed by atoms with Gasteiger partial charge in [-0.25, -0.2) is 0 Å². The van der Waals surface area contributed by atoms with Gasteiger partial charge in [0.25, 0.3) is 23.6 Å². The van der Waals surface area contributed by atoms with E-state index in [9.17, 15) is 79.8 Å². The van der Waals surface area contributed by atoms with E-state index in [1.165, 1.54) is 55.9 Å². The molecule has 6 atom stereocenters. The van der Waals surface area contributed by atoms with Gasteiger partial charge in [-0.05, 0) is 73.9 Å². The average molecular weight is 993 g/mol. The zero-order valence-electron chi connectivity index (χ0n) is 42.6. The molecule has 10 N–H and O–H groups in total.